The van der Waals surface area contributed by atoms with Crippen molar-refractivity contribution >= 4 is 5.91 Å². The van der Waals surface area contributed by atoms with E-state index in [4.69, 9.17) is 18.9 Å². The molecule has 0 saturated carbocycles. The maximum atomic E-state index is 13.3. The Morgan fingerprint density at radius 3 is 1.36 bits per heavy atom. The highest BCUT2D eigenvalue weighted by atomic mass is 16.7. The first-order valence-corrected chi connectivity index (χ1v) is 30.6. The van der Waals surface area contributed by atoms with E-state index in [1.54, 1.807) is 0 Å². The fraction of sp³-hybridized carbons (Fsp3) is 0.917. The summed E-state index contributed by atoms with van der Waals surface area (Å²) in [5.74, 6) is -0.212. The van der Waals surface area contributed by atoms with Crippen LogP contribution in [0.4, 0.5) is 0 Å². The van der Waals surface area contributed by atoms with Crippen LogP contribution in [0.25, 0.3) is 0 Å². The molecule has 9 N–H and O–H groups in total. The first-order valence-electron chi connectivity index (χ1n) is 30.6. The summed E-state index contributed by atoms with van der Waals surface area (Å²) in [6, 6.07) is -0.832. The monoisotopic (exact) mass is 1060 g/mol. The number of hydrogen-bond acceptors (Lipinski definition) is 13. The summed E-state index contributed by atoms with van der Waals surface area (Å²) in [7, 11) is 0. The second kappa shape index (κ2) is 46.4. The normalized spacial score (nSPS) is 25.3. The molecular formula is C60H113NO13. The van der Waals surface area contributed by atoms with Crippen molar-refractivity contribution in [3.63, 3.8) is 0 Å². The maximum absolute atomic E-state index is 13.3. The van der Waals surface area contributed by atoms with E-state index in [1.807, 2.05) is 0 Å². The van der Waals surface area contributed by atoms with Crippen molar-refractivity contribution in [2.75, 3.05) is 19.8 Å². The average molecular weight is 1060 g/mol. The van der Waals surface area contributed by atoms with E-state index in [1.165, 1.54) is 167 Å². The van der Waals surface area contributed by atoms with Crippen molar-refractivity contribution in [3.8, 4) is 0 Å². The molecule has 2 saturated heterocycles. The zero-order chi connectivity index (χ0) is 53.9. The van der Waals surface area contributed by atoms with E-state index in [-0.39, 0.29) is 12.5 Å². The fourth-order valence-electron chi connectivity index (χ4n) is 10.2. The first kappa shape index (κ1) is 68.6. The molecule has 436 valence electrons. The van der Waals surface area contributed by atoms with Gasteiger partial charge in [0.2, 0.25) is 5.91 Å². The van der Waals surface area contributed by atoms with Gasteiger partial charge in [0.15, 0.2) is 12.6 Å². The van der Waals surface area contributed by atoms with Crippen LogP contribution in [0, 0.1) is 0 Å². The second-order valence-corrected chi connectivity index (χ2v) is 21.8. The van der Waals surface area contributed by atoms with E-state index in [2.05, 4.69) is 43.5 Å². The molecule has 0 spiro atoms. The van der Waals surface area contributed by atoms with Crippen LogP contribution >= 0.6 is 0 Å². The highest BCUT2D eigenvalue weighted by Crippen LogP contribution is 2.30. The lowest BCUT2D eigenvalue weighted by molar-refractivity contribution is -0.359. The Balaban J connectivity index is 1.75. The Labute approximate surface area is 449 Å². The van der Waals surface area contributed by atoms with Gasteiger partial charge in [-0.1, -0.05) is 231 Å². The van der Waals surface area contributed by atoms with Gasteiger partial charge in [-0.2, -0.15) is 0 Å². The van der Waals surface area contributed by atoms with E-state index in [9.17, 15) is 45.6 Å². The Hall–Kier alpha value is -1.53. The van der Waals surface area contributed by atoms with Crippen molar-refractivity contribution in [2.45, 2.75) is 331 Å². The van der Waals surface area contributed by atoms with E-state index >= 15 is 0 Å². The summed E-state index contributed by atoms with van der Waals surface area (Å²) >= 11 is 0. The van der Waals surface area contributed by atoms with Crippen molar-refractivity contribution < 1.29 is 64.6 Å². The lowest BCUT2D eigenvalue weighted by Crippen LogP contribution is -2.65. The van der Waals surface area contributed by atoms with Crippen molar-refractivity contribution in [1.82, 2.24) is 5.32 Å². The zero-order valence-corrected chi connectivity index (χ0v) is 46.8. The third-order valence-electron chi connectivity index (χ3n) is 15.2. The van der Waals surface area contributed by atoms with Crippen molar-refractivity contribution in [2.24, 2.45) is 0 Å². The average Bonchev–Trinajstić information content (AvgIpc) is 3.40. The number of aliphatic hydroxyl groups excluding tert-OH is 8. The predicted molar refractivity (Wildman–Crippen MR) is 295 cm³/mol. The largest absolute Gasteiger partial charge is 0.394 e. The van der Waals surface area contributed by atoms with E-state index in [0.29, 0.717) is 19.3 Å². The van der Waals surface area contributed by atoms with Crippen LogP contribution in [0.2, 0.25) is 0 Å². The van der Waals surface area contributed by atoms with Gasteiger partial charge in [-0.05, 0) is 44.9 Å². The quantitative estimate of drug-likeness (QED) is 0.0204. The summed E-state index contributed by atoms with van der Waals surface area (Å²) < 4.78 is 22.8. The SMILES string of the molecule is CCCCCC/C=C\C/C=C\CCCCCCCCCC(=O)NC(COC1OC(CO)C(OC2OC(CO)C(O)C(O)C2O)C(O)C1O)C(O)CCCCCCCCCCCCCCCCCCCCCCCC. The molecular weight excluding hydrogens is 943 g/mol. The number of amides is 1. The molecule has 2 rings (SSSR count). The molecule has 2 aliphatic heterocycles. The van der Waals surface area contributed by atoms with Gasteiger partial charge < -0.3 is 65.1 Å². The molecule has 12 atom stereocenters. The molecule has 0 aromatic heterocycles. The van der Waals surface area contributed by atoms with Gasteiger partial charge in [0.1, 0.15) is 48.8 Å². The highest BCUT2D eigenvalue weighted by molar-refractivity contribution is 5.76. The van der Waals surface area contributed by atoms with Crippen LogP contribution in [-0.4, -0.2) is 140 Å². The Morgan fingerprint density at radius 1 is 0.486 bits per heavy atom. The van der Waals surface area contributed by atoms with Gasteiger partial charge in [0.25, 0.3) is 0 Å². The van der Waals surface area contributed by atoms with Gasteiger partial charge in [0.05, 0.1) is 32.0 Å². The minimum absolute atomic E-state index is 0.212. The predicted octanol–water partition coefficient (Wildman–Crippen LogP) is 10.4. The second-order valence-electron chi connectivity index (χ2n) is 21.8. The topological polar surface area (TPSA) is 228 Å². The summed E-state index contributed by atoms with van der Waals surface area (Å²) in [4.78, 5) is 13.3. The number of aliphatic hydroxyl groups is 8. The molecule has 74 heavy (non-hydrogen) atoms. The van der Waals surface area contributed by atoms with Crippen molar-refractivity contribution in [3.05, 3.63) is 24.3 Å². The summed E-state index contributed by atoms with van der Waals surface area (Å²) in [5.41, 5.74) is 0. The molecule has 12 unspecified atom stereocenters. The van der Waals surface area contributed by atoms with Crippen LogP contribution in [0.5, 0.6) is 0 Å². The molecule has 14 nitrogen and oxygen atoms in total. The van der Waals surface area contributed by atoms with Crippen LogP contribution in [0.3, 0.4) is 0 Å². The Bertz CT molecular complexity index is 1340. The zero-order valence-electron chi connectivity index (χ0n) is 46.8. The number of ether oxygens (including phenoxy) is 4. The Kier molecular flexibility index (Phi) is 43.0. The summed E-state index contributed by atoms with van der Waals surface area (Å²) in [6.07, 6.45) is 37.4. The number of nitrogens with one attached hydrogen (secondary N) is 1. The summed E-state index contributed by atoms with van der Waals surface area (Å²) in [5, 5.41) is 87.3. The number of hydrogen-bond donors (Lipinski definition) is 9. The first-order chi connectivity index (χ1) is 36.1. The minimum Gasteiger partial charge on any atom is -0.394 e. The van der Waals surface area contributed by atoms with Gasteiger partial charge in [-0.25, -0.2) is 0 Å². The molecule has 0 bridgehead atoms. The summed E-state index contributed by atoms with van der Waals surface area (Å²) in [6.45, 7) is 2.86. The minimum atomic E-state index is -1.78. The van der Waals surface area contributed by atoms with Crippen LogP contribution in [0.15, 0.2) is 24.3 Å². The number of carbonyl (C=O) groups is 1. The third-order valence-corrected chi connectivity index (χ3v) is 15.2. The smallest absolute Gasteiger partial charge is 0.220 e. The van der Waals surface area contributed by atoms with Crippen LogP contribution in [0.1, 0.15) is 258 Å². The molecule has 14 heteroatoms. The number of unbranched alkanes of at least 4 members (excludes halogenated alkanes) is 32. The number of allylic oxidation sites excluding steroid dienone is 4. The van der Waals surface area contributed by atoms with Crippen molar-refractivity contribution in [1.29, 1.82) is 0 Å². The van der Waals surface area contributed by atoms with Gasteiger partial charge in [-0.15, -0.1) is 0 Å². The maximum Gasteiger partial charge on any atom is 0.220 e. The highest BCUT2D eigenvalue weighted by Gasteiger charge is 2.51. The van der Waals surface area contributed by atoms with Gasteiger partial charge in [-0.3, -0.25) is 4.79 Å². The molecule has 1 amide bonds. The van der Waals surface area contributed by atoms with E-state index < -0.39 is 86.8 Å². The fourth-order valence-corrected chi connectivity index (χ4v) is 10.2. The lowest BCUT2D eigenvalue weighted by atomic mass is 9.97. The molecule has 0 aliphatic carbocycles. The lowest BCUT2D eigenvalue weighted by Gasteiger charge is -2.46. The van der Waals surface area contributed by atoms with E-state index in [0.717, 1.165) is 57.8 Å². The molecule has 0 aromatic rings. The standard InChI is InChI=1S/C60H113NO13/c1-3-5-7-9-11-13-15-17-19-21-23-24-25-26-27-29-31-33-35-37-39-41-43-49(64)48(61-52(65)44-42-40-38-36-34-32-30-28-22-20-18-16-14-12-10-8-6-4-2)47-71-59-57(70)55(68)58(51(46-63)73-59)74-60-56(69)54(67)53(66)50(45-62)72-60/h14,16,20,22,48-51,53-60,62-64,66-70H,3-13,15,17-19,21,23-47H2,1-2H3,(H,61,65)/b16-14-,22-20-. The number of carbonyl (C=O) groups excluding carboxylic acids is 1. The third kappa shape index (κ3) is 31.8. The van der Waals surface area contributed by atoms with Gasteiger partial charge >= 0.3 is 0 Å². The molecule has 2 aliphatic rings. The van der Waals surface area contributed by atoms with Gasteiger partial charge in [0, 0.05) is 6.42 Å². The molecule has 2 heterocycles. The Morgan fingerprint density at radius 2 is 0.892 bits per heavy atom. The van der Waals surface area contributed by atoms with Crippen LogP contribution in [-0.2, 0) is 23.7 Å². The number of rotatable bonds is 49. The molecule has 0 radical (unpaired) electrons. The molecule has 0 aromatic carbocycles. The van der Waals surface area contributed by atoms with Crippen LogP contribution < -0.4 is 5.32 Å². The molecule has 2 fully saturated rings.